The quantitative estimate of drug-likeness (QED) is 0.268. The lowest BCUT2D eigenvalue weighted by Gasteiger charge is -2.37. The largest absolute Gasteiger partial charge is 0.386 e. The van der Waals surface area contributed by atoms with Crippen molar-refractivity contribution in [2.24, 2.45) is 17.0 Å². The summed E-state index contributed by atoms with van der Waals surface area (Å²) in [5.41, 5.74) is 9.23. The zero-order chi connectivity index (χ0) is 23.6. The van der Waals surface area contributed by atoms with Gasteiger partial charge in [0.1, 0.15) is 22.8 Å². The molecular weight excluding hydrogens is 420 g/mol. The first-order valence-corrected chi connectivity index (χ1v) is 11.3. The molecule has 0 aliphatic rings. The molecule has 0 aliphatic heterocycles. The Kier molecular flexibility index (Phi) is 11.5. The van der Waals surface area contributed by atoms with Crippen molar-refractivity contribution in [2.45, 2.75) is 58.7 Å². The Morgan fingerprint density at radius 2 is 2.10 bits per heavy atom. The van der Waals surface area contributed by atoms with Crippen LogP contribution in [-0.4, -0.2) is 66.2 Å². The van der Waals surface area contributed by atoms with Gasteiger partial charge in [-0.1, -0.05) is 39.2 Å². The summed E-state index contributed by atoms with van der Waals surface area (Å²) < 4.78 is 5.20. The maximum absolute atomic E-state index is 13.4. The van der Waals surface area contributed by atoms with Crippen molar-refractivity contribution in [1.29, 1.82) is 0 Å². The predicted molar refractivity (Wildman–Crippen MR) is 120 cm³/mol. The molecule has 1 heterocycles. The summed E-state index contributed by atoms with van der Waals surface area (Å²) in [6.07, 6.45) is -0.0311. The van der Waals surface area contributed by atoms with Crippen LogP contribution in [0.2, 0.25) is 0 Å². The van der Waals surface area contributed by atoms with Crippen LogP contribution in [0.5, 0.6) is 0 Å². The van der Waals surface area contributed by atoms with Gasteiger partial charge < -0.3 is 20.1 Å². The summed E-state index contributed by atoms with van der Waals surface area (Å²) in [6.45, 7) is 8.36. The van der Waals surface area contributed by atoms with Crippen LogP contribution in [0.25, 0.3) is 10.4 Å². The Morgan fingerprint density at radius 3 is 2.61 bits per heavy atom. The first-order valence-electron chi connectivity index (χ1n) is 10.4. The number of rotatable bonds is 13. The van der Waals surface area contributed by atoms with Crippen LogP contribution in [0.3, 0.4) is 0 Å². The van der Waals surface area contributed by atoms with Crippen molar-refractivity contribution in [3.63, 3.8) is 0 Å². The fraction of sp³-hybridized carbons (Fsp3) is 0.750. The normalized spacial score (nSPS) is 15.0. The van der Waals surface area contributed by atoms with Crippen LogP contribution < -0.4 is 5.32 Å². The molecule has 1 rings (SSSR count). The molecule has 0 aliphatic carbocycles. The summed E-state index contributed by atoms with van der Waals surface area (Å²) in [6, 6.07) is -1.17. The van der Waals surface area contributed by atoms with Crippen molar-refractivity contribution in [3.05, 3.63) is 26.5 Å². The third kappa shape index (κ3) is 7.46. The fourth-order valence-corrected chi connectivity index (χ4v) is 4.04. The Labute approximate surface area is 187 Å². The molecule has 0 fully saturated rings. The number of aliphatic hydroxyl groups excluding tert-OH is 1. The van der Waals surface area contributed by atoms with E-state index in [1.807, 2.05) is 27.7 Å². The zero-order valence-corrected chi connectivity index (χ0v) is 19.9. The van der Waals surface area contributed by atoms with Gasteiger partial charge in [0.15, 0.2) is 0 Å². The SMILES string of the molecule is CC[C@H](C)[C@H](N=[N+]=[N-])C(=O)N(CCOC)[C@H](C[C@@H](O)c1nc(C(=O)NC)cs1)C(C)C. The molecule has 0 unspecified atom stereocenters. The monoisotopic (exact) mass is 454 g/mol. The number of hydrogen-bond donors (Lipinski definition) is 2. The van der Waals surface area contributed by atoms with E-state index < -0.39 is 12.1 Å². The van der Waals surface area contributed by atoms with E-state index in [9.17, 15) is 14.7 Å². The van der Waals surface area contributed by atoms with E-state index in [1.165, 1.54) is 18.4 Å². The number of amides is 2. The Bertz CT molecular complexity index is 765. The number of aliphatic hydroxyl groups is 1. The second-order valence-electron chi connectivity index (χ2n) is 7.77. The van der Waals surface area contributed by atoms with E-state index in [2.05, 4.69) is 20.3 Å². The highest BCUT2D eigenvalue weighted by molar-refractivity contribution is 7.09. The van der Waals surface area contributed by atoms with E-state index in [0.717, 1.165) is 0 Å². The standard InChI is InChI=1S/C20H34N6O4S/c1-7-13(4)17(24-25-21)20(29)26(8-9-30-6)15(12(2)3)10-16(27)19-23-14(11-31-19)18(28)22-5/h11-13,15-17,27H,7-10H2,1-6H3,(H,22,28)/t13-,15+,16+,17-/m0/s1. The minimum absolute atomic E-state index is 0.0116. The molecule has 0 radical (unpaired) electrons. The molecule has 0 bridgehead atoms. The molecule has 11 heteroatoms. The van der Waals surface area contributed by atoms with Gasteiger partial charge in [-0.15, -0.1) is 11.3 Å². The smallest absolute Gasteiger partial charge is 0.270 e. The van der Waals surface area contributed by atoms with Crippen molar-refractivity contribution < 1.29 is 19.4 Å². The number of hydrogen-bond acceptors (Lipinski definition) is 7. The Morgan fingerprint density at radius 1 is 1.42 bits per heavy atom. The summed E-state index contributed by atoms with van der Waals surface area (Å²) in [4.78, 5) is 33.9. The summed E-state index contributed by atoms with van der Waals surface area (Å²) >= 11 is 1.20. The highest BCUT2D eigenvalue weighted by atomic mass is 32.1. The molecule has 2 N–H and O–H groups in total. The highest BCUT2D eigenvalue weighted by Crippen LogP contribution is 2.28. The first kappa shape index (κ1) is 26.8. The maximum Gasteiger partial charge on any atom is 0.270 e. The molecule has 0 saturated carbocycles. The number of carbonyl (C=O) groups excluding carboxylic acids is 2. The highest BCUT2D eigenvalue weighted by Gasteiger charge is 2.34. The van der Waals surface area contributed by atoms with Gasteiger partial charge in [0.05, 0.1) is 6.61 Å². The topological polar surface area (TPSA) is 141 Å². The molecule has 31 heavy (non-hydrogen) atoms. The summed E-state index contributed by atoms with van der Waals surface area (Å²) in [5, 5.41) is 19.1. The van der Waals surface area contributed by atoms with Crippen LogP contribution in [0.1, 0.15) is 62.1 Å². The van der Waals surface area contributed by atoms with E-state index in [-0.39, 0.29) is 41.8 Å². The molecule has 174 valence electrons. The molecule has 0 aromatic carbocycles. The van der Waals surface area contributed by atoms with Gasteiger partial charge >= 0.3 is 0 Å². The lowest BCUT2D eigenvalue weighted by atomic mass is 9.93. The van der Waals surface area contributed by atoms with Gasteiger partial charge in [0.25, 0.3) is 5.91 Å². The van der Waals surface area contributed by atoms with E-state index in [1.54, 1.807) is 17.4 Å². The fourth-order valence-electron chi connectivity index (χ4n) is 3.25. The number of ether oxygens (including phenoxy) is 1. The van der Waals surface area contributed by atoms with Gasteiger partial charge in [0.2, 0.25) is 5.91 Å². The van der Waals surface area contributed by atoms with Crippen LogP contribution in [0.4, 0.5) is 0 Å². The molecule has 4 atom stereocenters. The van der Waals surface area contributed by atoms with Crippen LogP contribution in [0.15, 0.2) is 10.5 Å². The lowest BCUT2D eigenvalue weighted by Crippen LogP contribution is -2.50. The van der Waals surface area contributed by atoms with Gasteiger partial charge in [0, 0.05) is 43.5 Å². The molecule has 10 nitrogen and oxygen atoms in total. The van der Waals surface area contributed by atoms with Crippen molar-refractivity contribution >= 4 is 23.2 Å². The van der Waals surface area contributed by atoms with Gasteiger partial charge in [-0.3, -0.25) is 9.59 Å². The number of methoxy groups -OCH3 is 1. The Balaban J connectivity index is 3.18. The number of azide groups is 1. The van der Waals surface area contributed by atoms with Crippen LogP contribution in [0, 0.1) is 11.8 Å². The molecule has 0 saturated heterocycles. The summed E-state index contributed by atoms with van der Waals surface area (Å²) in [5.74, 6) is -0.712. The minimum atomic E-state index is -0.949. The molecular formula is C20H34N6O4S. The number of nitrogens with one attached hydrogen (secondary N) is 1. The number of thiazole rings is 1. The number of nitrogens with zero attached hydrogens (tertiary/aromatic N) is 5. The lowest BCUT2D eigenvalue weighted by molar-refractivity contribution is -0.138. The van der Waals surface area contributed by atoms with E-state index in [4.69, 9.17) is 10.3 Å². The average molecular weight is 455 g/mol. The van der Waals surface area contributed by atoms with Gasteiger partial charge in [-0.2, -0.15) is 0 Å². The molecule has 1 aromatic heterocycles. The third-order valence-electron chi connectivity index (χ3n) is 5.33. The molecule has 0 spiro atoms. The number of aromatic nitrogens is 1. The van der Waals surface area contributed by atoms with Crippen LogP contribution in [-0.2, 0) is 9.53 Å². The van der Waals surface area contributed by atoms with Crippen molar-refractivity contribution in [3.8, 4) is 0 Å². The van der Waals surface area contributed by atoms with E-state index in [0.29, 0.717) is 24.6 Å². The van der Waals surface area contributed by atoms with E-state index >= 15 is 0 Å². The van der Waals surface area contributed by atoms with Crippen molar-refractivity contribution in [1.82, 2.24) is 15.2 Å². The average Bonchev–Trinajstić information content (AvgIpc) is 3.25. The second-order valence-corrected chi connectivity index (χ2v) is 8.66. The first-order chi connectivity index (χ1) is 14.7. The predicted octanol–water partition coefficient (Wildman–Crippen LogP) is 3.15. The van der Waals surface area contributed by atoms with Crippen molar-refractivity contribution in [2.75, 3.05) is 27.3 Å². The summed E-state index contributed by atoms with van der Waals surface area (Å²) in [7, 11) is 3.07. The molecule has 1 aromatic rings. The minimum Gasteiger partial charge on any atom is -0.386 e. The van der Waals surface area contributed by atoms with Crippen LogP contribution >= 0.6 is 11.3 Å². The van der Waals surface area contributed by atoms with Gasteiger partial charge in [-0.05, 0) is 17.4 Å². The maximum atomic E-state index is 13.4. The van der Waals surface area contributed by atoms with Gasteiger partial charge in [-0.25, -0.2) is 4.98 Å². The molecule has 2 amide bonds. The third-order valence-corrected chi connectivity index (χ3v) is 6.28. The Hall–Kier alpha value is -2.20. The second kappa shape index (κ2) is 13.3. The number of carbonyl (C=O) groups is 2. The zero-order valence-electron chi connectivity index (χ0n) is 19.1.